The quantitative estimate of drug-likeness (QED) is 0.512. The number of benzene rings is 2. The first-order valence-corrected chi connectivity index (χ1v) is 12.1. The Morgan fingerprint density at radius 3 is 2.71 bits per heavy atom. The Hall–Kier alpha value is -3.13. The van der Waals surface area contributed by atoms with Gasteiger partial charge in [-0.2, -0.15) is 5.26 Å². The number of hydrogen-bond acceptors (Lipinski definition) is 7. The third kappa shape index (κ3) is 5.50. The fourth-order valence-electron chi connectivity index (χ4n) is 3.47. The van der Waals surface area contributed by atoms with Gasteiger partial charge in [-0.3, -0.25) is 19.3 Å². The zero-order valence-corrected chi connectivity index (χ0v) is 20.4. The fraction of sp³-hybridized carbons (Fsp3) is 0.250. The molecule has 2 aliphatic heterocycles. The molecular formula is C24H20BrN3O5S. The van der Waals surface area contributed by atoms with E-state index < -0.39 is 11.1 Å². The first kappa shape index (κ1) is 24.0. The Morgan fingerprint density at radius 2 is 1.97 bits per heavy atom. The molecule has 0 aromatic heterocycles. The minimum Gasteiger partial charge on any atom is -0.488 e. The van der Waals surface area contributed by atoms with Gasteiger partial charge in [0.1, 0.15) is 18.9 Å². The summed E-state index contributed by atoms with van der Waals surface area (Å²) in [5, 5.41) is 8.75. The van der Waals surface area contributed by atoms with Crippen molar-refractivity contribution >= 4 is 50.8 Å². The van der Waals surface area contributed by atoms with E-state index in [2.05, 4.69) is 22.0 Å². The molecule has 2 heterocycles. The Balaban J connectivity index is 1.42. The van der Waals surface area contributed by atoms with Gasteiger partial charge in [-0.1, -0.05) is 24.3 Å². The second-order valence-corrected chi connectivity index (χ2v) is 9.36. The van der Waals surface area contributed by atoms with Crippen molar-refractivity contribution in [1.29, 1.82) is 5.26 Å². The molecule has 8 nitrogen and oxygen atoms in total. The summed E-state index contributed by atoms with van der Waals surface area (Å²) >= 11 is 4.29. The monoisotopic (exact) mass is 541 g/mol. The van der Waals surface area contributed by atoms with Gasteiger partial charge in [0, 0.05) is 18.7 Å². The molecule has 10 heteroatoms. The molecule has 0 spiro atoms. The molecule has 0 aliphatic carbocycles. The van der Waals surface area contributed by atoms with Crippen molar-refractivity contribution in [2.45, 2.75) is 6.61 Å². The van der Waals surface area contributed by atoms with Gasteiger partial charge in [-0.25, -0.2) is 0 Å². The smallest absolute Gasteiger partial charge is 0.294 e. The highest BCUT2D eigenvalue weighted by Gasteiger charge is 2.37. The van der Waals surface area contributed by atoms with E-state index in [0.717, 1.165) is 22.2 Å². The van der Waals surface area contributed by atoms with Crippen LogP contribution < -0.4 is 4.74 Å². The molecule has 174 valence electrons. The molecule has 0 unspecified atom stereocenters. The molecule has 2 aromatic carbocycles. The van der Waals surface area contributed by atoms with Crippen LogP contribution in [-0.2, 0) is 20.9 Å². The minimum absolute atomic E-state index is 0.234. The Bertz CT molecular complexity index is 1200. The zero-order valence-electron chi connectivity index (χ0n) is 18.0. The number of hydrogen-bond donors (Lipinski definition) is 0. The van der Waals surface area contributed by atoms with Crippen LogP contribution in [0.25, 0.3) is 6.08 Å². The lowest BCUT2D eigenvalue weighted by molar-refractivity contribution is -0.139. The summed E-state index contributed by atoms with van der Waals surface area (Å²) in [7, 11) is 0. The first-order valence-electron chi connectivity index (χ1n) is 10.5. The number of rotatable bonds is 6. The lowest BCUT2D eigenvalue weighted by Crippen LogP contribution is -2.46. The molecule has 0 N–H and O–H groups in total. The van der Waals surface area contributed by atoms with Crippen LogP contribution in [0.4, 0.5) is 4.79 Å². The number of nitrogens with zero attached hydrogens (tertiary/aromatic N) is 3. The summed E-state index contributed by atoms with van der Waals surface area (Å²) in [5.74, 6) is -0.177. The molecule has 2 fully saturated rings. The summed E-state index contributed by atoms with van der Waals surface area (Å²) < 4.78 is 11.7. The average Bonchev–Trinajstić information content (AvgIpc) is 3.11. The topological polar surface area (TPSA) is 99.9 Å². The zero-order chi connectivity index (χ0) is 24.1. The second-order valence-electron chi connectivity index (χ2n) is 7.51. The van der Waals surface area contributed by atoms with Gasteiger partial charge in [0.05, 0.1) is 34.2 Å². The maximum atomic E-state index is 12.8. The largest absolute Gasteiger partial charge is 0.488 e. The van der Waals surface area contributed by atoms with E-state index in [-0.39, 0.29) is 24.0 Å². The van der Waals surface area contributed by atoms with Crippen LogP contribution in [0.2, 0.25) is 0 Å². The van der Waals surface area contributed by atoms with Gasteiger partial charge in [0.25, 0.3) is 11.1 Å². The normalized spacial score (nSPS) is 17.2. The number of amides is 3. The number of imide groups is 1. The van der Waals surface area contributed by atoms with E-state index >= 15 is 0 Å². The number of ether oxygens (including phenoxy) is 2. The molecule has 0 radical (unpaired) electrons. The highest BCUT2D eigenvalue weighted by atomic mass is 79.9. The molecular weight excluding hydrogens is 522 g/mol. The van der Waals surface area contributed by atoms with Crippen LogP contribution in [0.3, 0.4) is 0 Å². The Kier molecular flexibility index (Phi) is 7.67. The van der Waals surface area contributed by atoms with E-state index in [1.165, 1.54) is 0 Å². The van der Waals surface area contributed by atoms with E-state index in [9.17, 15) is 19.6 Å². The van der Waals surface area contributed by atoms with Crippen LogP contribution >= 0.6 is 27.7 Å². The highest BCUT2D eigenvalue weighted by Crippen LogP contribution is 2.34. The van der Waals surface area contributed by atoms with Gasteiger partial charge in [0.15, 0.2) is 0 Å². The lowest BCUT2D eigenvalue weighted by atomic mass is 10.1. The second kappa shape index (κ2) is 10.9. The van der Waals surface area contributed by atoms with Crippen molar-refractivity contribution < 1.29 is 23.9 Å². The number of carbonyl (C=O) groups is 3. The van der Waals surface area contributed by atoms with Crippen molar-refractivity contribution in [2.24, 2.45) is 0 Å². The maximum absolute atomic E-state index is 12.8. The van der Waals surface area contributed by atoms with Gasteiger partial charge in [0.2, 0.25) is 5.91 Å². The summed E-state index contributed by atoms with van der Waals surface area (Å²) in [6.45, 7) is 1.77. The van der Waals surface area contributed by atoms with Crippen molar-refractivity contribution in [3.05, 3.63) is 68.5 Å². The highest BCUT2D eigenvalue weighted by molar-refractivity contribution is 9.10. The van der Waals surface area contributed by atoms with E-state index in [1.54, 1.807) is 41.3 Å². The first-order chi connectivity index (χ1) is 16.5. The molecule has 0 atom stereocenters. The third-order valence-corrected chi connectivity index (χ3v) is 6.83. The van der Waals surface area contributed by atoms with Crippen LogP contribution in [0, 0.1) is 11.3 Å². The molecule has 2 aromatic rings. The maximum Gasteiger partial charge on any atom is 0.294 e. The predicted molar refractivity (Wildman–Crippen MR) is 130 cm³/mol. The van der Waals surface area contributed by atoms with Gasteiger partial charge in [-0.15, -0.1) is 0 Å². The number of nitriles is 1. The van der Waals surface area contributed by atoms with Crippen molar-refractivity contribution in [2.75, 3.05) is 32.8 Å². The summed E-state index contributed by atoms with van der Waals surface area (Å²) in [5.41, 5.74) is 2.03. The molecule has 34 heavy (non-hydrogen) atoms. The Morgan fingerprint density at radius 1 is 1.21 bits per heavy atom. The van der Waals surface area contributed by atoms with Crippen molar-refractivity contribution in [3.63, 3.8) is 0 Å². The van der Waals surface area contributed by atoms with Crippen LogP contribution in [0.5, 0.6) is 5.75 Å². The lowest BCUT2D eigenvalue weighted by Gasteiger charge is -2.28. The fourth-order valence-corrected chi connectivity index (χ4v) is 4.82. The number of halogens is 1. The SMILES string of the molecule is N#Cc1ccccc1COc1ccc(/C=C2/SC(=O)N(CC(=O)N3CCOCC3)C2=O)cc1Br. The van der Waals surface area contributed by atoms with Crippen LogP contribution in [0.1, 0.15) is 16.7 Å². The van der Waals surface area contributed by atoms with Crippen molar-refractivity contribution in [3.8, 4) is 11.8 Å². The van der Waals surface area contributed by atoms with Crippen LogP contribution in [-0.4, -0.2) is 59.7 Å². The van der Waals surface area contributed by atoms with Gasteiger partial charge < -0.3 is 14.4 Å². The molecule has 0 saturated carbocycles. The van der Waals surface area contributed by atoms with E-state index in [1.807, 2.05) is 12.1 Å². The number of thioether (sulfide) groups is 1. The van der Waals surface area contributed by atoms with Crippen LogP contribution in [0.15, 0.2) is 51.8 Å². The van der Waals surface area contributed by atoms with Gasteiger partial charge >= 0.3 is 0 Å². The number of carbonyl (C=O) groups excluding carboxylic acids is 3. The standard InChI is InChI=1S/C24H20BrN3O5S/c25-19-11-16(5-6-20(19)33-15-18-4-2-1-3-17(18)13-26)12-21-23(30)28(24(31)34-21)14-22(29)27-7-9-32-10-8-27/h1-6,11-12H,7-10,14-15H2/b21-12+. The summed E-state index contributed by atoms with van der Waals surface area (Å²) in [6.07, 6.45) is 1.61. The van der Waals surface area contributed by atoms with E-state index in [4.69, 9.17) is 9.47 Å². The third-order valence-electron chi connectivity index (χ3n) is 5.31. The van der Waals surface area contributed by atoms with Crippen molar-refractivity contribution in [1.82, 2.24) is 9.80 Å². The molecule has 2 saturated heterocycles. The summed E-state index contributed by atoms with van der Waals surface area (Å²) in [6, 6.07) is 14.6. The number of morpholine rings is 1. The average molecular weight is 542 g/mol. The van der Waals surface area contributed by atoms with Gasteiger partial charge in [-0.05, 0) is 57.5 Å². The molecule has 3 amide bonds. The van der Waals surface area contributed by atoms with E-state index in [0.29, 0.717) is 47.7 Å². The predicted octanol–water partition coefficient (Wildman–Crippen LogP) is 3.79. The molecule has 2 aliphatic rings. The minimum atomic E-state index is -0.485. The summed E-state index contributed by atoms with van der Waals surface area (Å²) in [4.78, 5) is 40.4. The molecule has 0 bridgehead atoms. The molecule has 4 rings (SSSR count). The Labute approximate surface area is 209 Å².